The van der Waals surface area contributed by atoms with Crippen molar-refractivity contribution in [2.75, 3.05) is 0 Å². The zero-order valence-corrected chi connectivity index (χ0v) is 14.3. The summed E-state index contributed by atoms with van der Waals surface area (Å²) < 4.78 is 2.96. The highest BCUT2D eigenvalue weighted by molar-refractivity contribution is 7.71. The van der Waals surface area contributed by atoms with Crippen LogP contribution >= 0.6 is 12.2 Å². The summed E-state index contributed by atoms with van der Waals surface area (Å²) in [4.78, 5) is 0. The van der Waals surface area contributed by atoms with Gasteiger partial charge < -0.3 is 4.57 Å². The number of aryl methyl sites for hydroxylation is 1. The Kier molecular flexibility index (Phi) is 3.75. The average Bonchev–Trinajstić information content (AvgIpc) is 2.63. The van der Waals surface area contributed by atoms with Crippen molar-refractivity contribution in [2.45, 2.75) is 6.92 Å². The Labute approximate surface area is 146 Å². The number of rotatable bonds is 2. The van der Waals surface area contributed by atoms with Gasteiger partial charge in [-0.1, -0.05) is 78.9 Å². The molecule has 2 heteroatoms. The molecule has 1 nitrogen and oxygen atoms in total. The number of pyridine rings is 1. The van der Waals surface area contributed by atoms with Crippen molar-refractivity contribution in [3.8, 4) is 16.8 Å². The molecule has 0 saturated heterocycles. The lowest BCUT2D eigenvalue weighted by Crippen LogP contribution is -1.99. The van der Waals surface area contributed by atoms with E-state index < -0.39 is 0 Å². The van der Waals surface area contributed by atoms with Crippen molar-refractivity contribution in [1.82, 2.24) is 4.57 Å². The zero-order valence-electron chi connectivity index (χ0n) is 13.4. The largest absolute Gasteiger partial charge is 0.307 e. The minimum absolute atomic E-state index is 0.843. The van der Waals surface area contributed by atoms with E-state index in [0.29, 0.717) is 0 Å². The second kappa shape index (κ2) is 6.06. The Hall–Kier alpha value is -2.71. The SMILES string of the molecule is Cc1cccc(-n2cc(-c3ccccc3)c3ccccc3c2=S)c1. The molecule has 0 aliphatic rings. The molecule has 4 aromatic rings. The van der Waals surface area contributed by atoms with Crippen molar-refractivity contribution < 1.29 is 0 Å². The molecule has 3 aromatic carbocycles. The molecule has 0 N–H and O–H groups in total. The summed E-state index contributed by atoms with van der Waals surface area (Å²) in [6.45, 7) is 2.10. The normalized spacial score (nSPS) is 10.9. The minimum atomic E-state index is 0.843. The van der Waals surface area contributed by atoms with E-state index in [4.69, 9.17) is 12.2 Å². The van der Waals surface area contributed by atoms with E-state index in [9.17, 15) is 0 Å². The third-order valence-electron chi connectivity index (χ3n) is 4.29. The van der Waals surface area contributed by atoms with Gasteiger partial charge in [-0.05, 0) is 35.6 Å². The van der Waals surface area contributed by atoms with Crippen LogP contribution in [0.3, 0.4) is 0 Å². The zero-order chi connectivity index (χ0) is 16.5. The van der Waals surface area contributed by atoms with Crippen LogP contribution in [0, 0.1) is 11.6 Å². The molecule has 0 saturated carbocycles. The lowest BCUT2D eigenvalue weighted by atomic mass is 10.0. The van der Waals surface area contributed by atoms with E-state index in [2.05, 4.69) is 84.4 Å². The molecule has 0 bridgehead atoms. The van der Waals surface area contributed by atoms with Gasteiger partial charge >= 0.3 is 0 Å². The first-order valence-corrected chi connectivity index (χ1v) is 8.42. The van der Waals surface area contributed by atoms with Gasteiger partial charge in [0, 0.05) is 22.8 Å². The van der Waals surface area contributed by atoms with Crippen molar-refractivity contribution in [1.29, 1.82) is 0 Å². The molecule has 1 aromatic heterocycles. The summed E-state index contributed by atoms with van der Waals surface area (Å²) in [7, 11) is 0. The van der Waals surface area contributed by atoms with Crippen LogP contribution in [0.2, 0.25) is 0 Å². The lowest BCUT2D eigenvalue weighted by Gasteiger charge is -2.14. The van der Waals surface area contributed by atoms with E-state index in [1.54, 1.807) is 0 Å². The van der Waals surface area contributed by atoms with E-state index >= 15 is 0 Å². The molecule has 0 aliphatic heterocycles. The van der Waals surface area contributed by atoms with Gasteiger partial charge in [0.05, 0.1) is 0 Å². The van der Waals surface area contributed by atoms with Gasteiger partial charge in [0.2, 0.25) is 0 Å². The van der Waals surface area contributed by atoms with Crippen LogP contribution in [0.5, 0.6) is 0 Å². The molecule has 0 unspecified atom stereocenters. The summed E-state index contributed by atoms with van der Waals surface area (Å²) in [6.07, 6.45) is 2.16. The lowest BCUT2D eigenvalue weighted by molar-refractivity contribution is 1.04. The Morgan fingerprint density at radius 1 is 0.750 bits per heavy atom. The predicted octanol–water partition coefficient (Wildman–Crippen LogP) is 6.34. The highest BCUT2D eigenvalue weighted by atomic mass is 32.1. The molecule has 24 heavy (non-hydrogen) atoms. The second-order valence-electron chi connectivity index (χ2n) is 5.97. The van der Waals surface area contributed by atoms with Crippen LogP contribution in [0.4, 0.5) is 0 Å². The topological polar surface area (TPSA) is 4.93 Å². The molecular formula is C22H17NS. The third-order valence-corrected chi connectivity index (χ3v) is 4.71. The molecule has 0 spiro atoms. The number of hydrogen-bond donors (Lipinski definition) is 0. The number of fused-ring (bicyclic) bond motifs is 1. The van der Waals surface area contributed by atoms with Gasteiger partial charge in [0.1, 0.15) is 4.64 Å². The predicted molar refractivity (Wildman–Crippen MR) is 104 cm³/mol. The molecule has 0 amide bonds. The van der Waals surface area contributed by atoms with Crippen LogP contribution in [0.1, 0.15) is 5.56 Å². The minimum Gasteiger partial charge on any atom is -0.307 e. The van der Waals surface area contributed by atoms with Crippen molar-refractivity contribution in [3.05, 3.63) is 95.3 Å². The summed E-state index contributed by atoms with van der Waals surface area (Å²) >= 11 is 5.79. The fraction of sp³-hybridized carbons (Fsp3) is 0.0455. The second-order valence-corrected chi connectivity index (χ2v) is 6.36. The fourth-order valence-corrected chi connectivity index (χ4v) is 3.44. The van der Waals surface area contributed by atoms with Crippen molar-refractivity contribution >= 4 is 23.0 Å². The molecular weight excluding hydrogens is 310 g/mol. The van der Waals surface area contributed by atoms with Crippen molar-refractivity contribution in [2.24, 2.45) is 0 Å². The molecule has 0 fully saturated rings. The van der Waals surface area contributed by atoms with Gasteiger partial charge in [0.15, 0.2) is 0 Å². The maximum atomic E-state index is 5.79. The highest BCUT2D eigenvalue weighted by Gasteiger charge is 2.09. The smallest absolute Gasteiger partial charge is 0.118 e. The van der Waals surface area contributed by atoms with Gasteiger partial charge in [-0.15, -0.1) is 0 Å². The van der Waals surface area contributed by atoms with Crippen LogP contribution in [0.25, 0.3) is 27.6 Å². The monoisotopic (exact) mass is 327 g/mol. The number of aromatic nitrogens is 1. The van der Waals surface area contributed by atoms with E-state index in [-0.39, 0.29) is 0 Å². The van der Waals surface area contributed by atoms with E-state index in [0.717, 1.165) is 15.7 Å². The van der Waals surface area contributed by atoms with Crippen LogP contribution < -0.4 is 0 Å². The average molecular weight is 327 g/mol. The molecule has 1 heterocycles. The molecule has 0 radical (unpaired) electrons. The first-order chi connectivity index (χ1) is 11.7. The summed E-state index contributed by atoms with van der Waals surface area (Å²) in [5.41, 5.74) is 4.72. The molecule has 4 rings (SSSR count). The summed E-state index contributed by atoms with van der Waals surface area (Å²) in [6, 6.07) is 27.3. The Bertz CT molecular complexity index is 1080. The number of benzene rings is 3. The van der Waals surface area contributed by atoms with Crippen LogP contribution in [-0.2, 0) is 0 Å². The van der Waals surface area contributed by atoms with Crippen LogP contribution in [0.15, 0.2) is 85.1 Å². The number of hydrogen-bond acceptors (Lipinski definition) is 1. The maximum absolute atomic E-state index is 5.79. The Balaban J connectivity index is 2.09. The Morgan fingerprint density at radius 2 is 1.46 bits per heavy atom. The highest BCUT2D eigenvalue weighted by Crippen LogP contribution is 2.30. The maximum Gasteiger partial charge on any atom is 0.118 e. The van der Waals surface area contributed by atoms with E-state index in [1.165, 1.54) is 22.1 Å². The van der Waals surface area contributed by atoms with Gasteiger partial charge in [-0.3, -0.25) is 0 Å². The van der Waals surface area contributed by atoms with Gasteiger partial charge in [0.25, 0.3) is 0 Å². The third kappa shape index (κ3) is 2.55. The molecule has 0 atom stereocenters. The van der Waals surface area contributed by atoms with E-state index in [1.807, 2.05) is 12.1 Å². The van der Waals surface area contributed by atoms with Gasteiger partial charge in [-0.25, -0.2) is 0 Å². The first-order valence-electron chi connectivity index (χ1n) is 8.01. The van der Waals surface area contributed by atoms with Gasteiger partial charge in [-0.2, -0.15) is 0 Å². The standard InChI is InChI=1S/C22H17NS/c1-16-8-7-11-18(14-16)23-15-21(17-9-3-2-4-10-17)19-12-5-6-13-20(19)22(23)24/h2-15H,1H3. The quantitative estimate of drug-likeness (QED) is 0.389. The molecule has 116 valence electrons. The van der Waals surface area contributed by atoms with Crippen molar-refractivity contribution in [3.63, 3.8) is 0 Å². The first kappa shape index (κ1) is 14.9. The van der Waals surface area contributed by atoms with Crippen LogP contribution in [-0.4, -0.2) is 4.57 Å². The fourth-order valence-electron chi connectivity index (χ4n) is 3.11. The summed E-state index contributed by atoms with van der Waals surface area (Å²) in [5.74, 6) is 0. The molecule has 0 aliphatic carbocycles. The Morgan fingerprint density at radius 3 is 2.21 bits per heavy atom. The summed E-state index contributed by atoms with van der Waals surface area (Å²) in [5, 5.41) is 2.30. The number of nitrogens with zero attached hydrogens (tertiary/aromatic N) is 1.